The van der Waals surface area contributed by atoms with Gasteiger partial charge in [0.25, 0.3) is 5.88 Å². The Bertz CT molecular complexity index is 1060. The Labute approximate surface area is 166 Å². The van der Waals surface area contributed by atoms with Crippen molar-refractivity contribution in [2.45, 2.75) is 12.6 Å². The van der Waals surface area contributed by atoms with Gasteiger partial charge in [0.15, 0.2) is 0 Å². The van der Waals surface area contributed by atoms with Gasteiger partial charge in [-0.05, 0) is 23.8 Å². The summed E-state index contributed by atoms with van der Waals surface area (Å²) in [4.78, 5) is 20.5. The molecule has 0 atom stereocenters. The molecule has 0 aliphatic heterocycles. The smallest absolute Gasteiger partial charge is 0.417 e. The van der Waals surface area contributed by atoms with E-state index < -0.39 is 34.1 Å². The summed E-state index contributed by atoms with van der Waals surface area (Å²) in [6.07, 6.45) is -2.01. The molecule has 0 unspecified atom stereocenters. The first kappa shape index (κ1) is 20.6. The fourth-order valence-corrected chi connectivity index (χ4v) is 2.48. The predicted molar refractivity (Wildman–Crippen MR) is 94.8 cm³/mol. The van der Waals surface area contributed by atoms with Crippen molar-refractivity contribution in [1.29, 1.82) is 0 Å². The van der Waals surface area contributed by atoms with Crippen LogP contribution in [0, 0.1) is 5.82 Å². The van der Waals surface area contributed by atoms with Gasteiger partial charge in [-0.2, -0.15) is 22.5 Å². The molecule has 1 aromatic carbocycles. The molecule has 0 saturated heterocycles. The number of pyridine rings is 1. The second-order valence-corrected chi connectivity index (χ2v) is 6.11. The number of aromatic nitrogens is 3. The lowest BCUT2D eigenvalue weighted by Crippen LogP contribution is -2.14. The lowest BCUT2D eigenvalue weighted by molar-refractivity contribution is -0.137. The Kier molecular flexibility index (Phi) is 6.02. The van der Waals surface area contributed by atoms with Crippen LogP contribution in [0.5, 0.6) is 17.5 Å². The van der Waals surface area contributed by atoms with E-state index in [2.05, 4.69) is 15.0 Å². The molecule has 6 nitrogen and oxygen atoms in total. The number of halogens is 5. The van der Waals surface area contributed by atoms with E-state index in [1.807, 2.05) is 0 Å². The molecule has 152 valence electrons. The number of benzene rings is 1. The first-order valence-corrected chi connectivity index (χ1v) is 8.48. The number of hydrogen-bond acceptors (Lipinski definition) is 5. The molecule has 0 fully saturated rings. The summed E-state index contributed by atoms with van der Waals surface area (Å²) in [5.74, 6) is -1.20. The molecule has 29 heavy (non-hydrogen) atoms. The van der Waals surface area contributed by atoms with Gasteiger partial charge in [0.2, 0.25) is 11.7 Å². The maximum atomic E-state index is 13.4. The van der Waals surface area contributed by atoms with Crippen molar-refractivity contribution in [2.24, 2.45) is 0 Å². The van der Waals surface area contributed by atoms with Gasteiger partial charge in [-0.1, -0.05) is 17.7 Å². The molecular formula is C18H12ClF4N3O3. The maximum Gasteiger partial charge on any atom is 0.417 e. The van der Waals surface area contributed by atoms with Crippen LogP contribution < -0.4 is 15.2 Å². The van der Waals surface area contributed by atoms with E-state index in [1.165, 1.54) is 18.3 Å². The minimum absolute atomic E-state index is 0.0292. The topological polar surface area (TPSA) is 77.1 Å². The number of hydrogen-bond donors (Lipinski definition) is 1. The minimum Gasteiger partial charge on any atom is -0.475 e. The van der Waals surface area contributed by atoms with Crippen molar-refractivity contribution >= 4 is 11.6 Å². The van der Waals surface area contributed by atoms with Crippen LogP contribution in [0.15, 0.2) is 47.5 Å². The summed E-state index contributed by atoms with van der Waals surface area (Å²) < 4.78 is 62.5. The largest absolute Gasteiger partial charge is 0.475 e. The SMILES string of the molecule is O=c1nc(OCCc2ccc(Oc3ccc(Cl)c(C(F)(F)F)c3)nc2)c(F)c[nH]1. The van der Waals surface area contributed by atoms with Gasteiger partial charge in [-0.15, -0.1) is 0 Å². The highest BCUT2D eigenvalue weighted by Gasteiger charge is 2.33. The van der Waals surface area contributed by atoms with Crippen LogP contribution in [0.4, 0.5) is 17.6 Å². The van der Waals surface area contributed by atoms with Gasteiger partial charge in [0.1, 0.15) is 5.75 Å². The summed E-state index contributed by atoms with van der Waals surface area (Å²) in [5.41, 5.74) is -1.05. The Balaban J connectivity index is 1.60. The minimum atomic E-state index is -4.61. The van der Waals surface area contributed by atoms with Crippen LogP contribution in [-0.2, 0) is 12.6 Å². The molecule has 0 aliphatic rings. The molecule has 2 aromatic heterocycles. The molecule has 2 heterocycles. The Morgan fingerprint density at radius 2 is 1.97 bits per heavy atom. The lowest BCUT2D eigenvalue weighted by Gasteiger charge is -2.11. The van der Waals surface area contributed by atoms with Crippen molar-refractivity contribution in [3.63, 3.8) is 0 Å². The normalized spacial score (nSPS) is 11.3. The van der Waals surface area contributed by atoms with E-state index in [4.69, 9.17) is 21.1 Å². The molecule has 3 rings (SSSR count). The van der Waals surface area contributed by atoms with E-state index in [0.717, 1.165) is 18.3 Å². The first-order valence-electron chi connectivity index (χ1n) is 8.10. The number of aromatic amines is 1. The first-order chi connectivity index (χ1) is 13.7. The van der Waals surface area contributed by atoms with E-state index in [0.29, 0.717) is 12.0 Å². The summed E-state index contributed by atoms with van der Waals surface area (Å²) in [6.45, 7) is 0.0292. The van der Waals surface area contributed by atoms with E-state index in [9.17, 15) is 22.4 Å². The summed E-state index contributed by atoms with van der Waals surface area (Å²) >= 11 is 5.57. The summed E-state index contributed by atoms with van der Waals surface area (Å²) in [6, 6.07) is 6.25. The van der Waals surface area contributed by atoms with Crippen molar-refractivity contribution in [3.8, 4) is 17.5 Å². The molecule has 0 saturated carbocycles. The Morgan fingerprint density at radius 3 is 2.66 bits per heavy atom. The van der Waals surface area contributed by atoms with Crippen LogP contribution in [-0.4, -0.2) is 21.6 Å². The fraction of sp³-hybridized carbons (Fsp3) is 0.167. The average molecular weight is 430 g/mol. The zero-order valence-electron chi connectivity index (χ0n) is 14.5. The van der Waals surface area contributed by atoms with Crippen LogP contribution >= 0.6 is 11.6 Å². The molecule has 3 aromatic rings. The second kappa shape index (κ2) is 8.48. The third kappa shape index (κ3) is 5.44. The summed E-state index contributed by atoms with van der Waals surface area (Å²) in [5, 5.41) is -0.431. The van der Waals surface area contributed by atoms with Crippen LogP contribution in [0.1, 0.15) is 11.1 Å². The number of H-pyrrole nitrogens is 1. The monoisotopic (exact) mass is 429 g/mol. The lowest BCUT2D eigenvalue weighted by atomic mass is 10.2. The predicted octanol–water partition coefficient (Wildman–Crippen LogP) is 4.39. The molecular weight excluding hydrogens is 418 g/mol. The van der Waals surface area contributed by atoms with Gasteiger partial charge in [0, 0.05) is 24.9 Å². The molecule has 0 spiro atoms. The second-order valence-electron chi connectivity index (χ2n) is 5.70. The molecule has 0 amide bonds. The number of rotatable bonds is 6. The van der Waals surface area contributed by atoms with Crippen molar-refractivity contribution in [3.05, 3.63) is 75.2 Å². The third-order valence-electron chi connectivity index (χ3n) is 3.62. The third-order valence-corrected chi connectivity index (χ3v) is 3.95. The van der Waals surface area contributed by atoms with Gasteiger partial charge < -0.3 is 14.5 Å². The van der Waals surface area contributed by atoms with E-state index in [-0.39, 0.29) is 18.2 Å². The number of nitrogens with zero attached hydrogens (tertiary/aromatic N) is 2. The van der Waals surface area contributed by atoms with Crippen molar-refractivity contribution in [1.82, 2.24) is 15.0 Å². The van der Waals surface area contributed by atoms with Gasteiger partial charge >= 0.3 is 11.9 Å². The van der Waals surface area contributed by atoms with Crippen LogP contribution in [0.25, 0.3) is 0 Å². The Hall–Kier alpha value is -3.14. The highest BCUT2D eigenvalue weighted by Crippen LogP contribution is 2.37. The standard InChI is InChI=1S/C18H12ClF4N3O3/c19-13-3-2-11(7-12(13)18(21,22)23)29-15-4-1-10(8-24-15)5-6-28-16-14(20)9-25-17(27)26-16/h1-4,7-9H,5-6H2,(H,25,26,27). The van der Waals surface area contributed by atoms with Gasteiger partial charge in [0.05, 0.1) is 17.2 Å². The quantitative estimate of drug-likeness (QED) is 0.588. The average Bonchev–Trinajstić information content (AvgIpc) is 2.66. The van der Waals surface area contributed by atoms with Gasteiger partial charge in [-0.25, -0.2) is 9.78 Å². The van der Waals surface area contributed by atoms with Crippen LogP contribution in [0.3, 0.4) is 0 Å². The fourth-order valence-electron chi connectivity index (χ4n) is 2.26. The Morgan fingerprint density at radius 1 is 1.17 bits per heavy atom. The highest BCUT2D eigenvalue weighted by atomic mass is 35.5. The van der Waals surface area contributed by atoms with Gasteiger partial charge in [-0.3, -0.25) is 0 Å². The van der Waals surface area contributed by atoms with Crippen molar-refractivity contribution < 1.29 is 27.0 Å². The molecule has 11 heteroatoms. The number of alkyl halides is 3. The summed E-state index contributed by atoms with van der Waals surface area (Å²) in [7, 11) is 0. The highest BCUT2D eigenvalue weighted by molar-refractivity contribution is 6.31. The number of nitrogens with one attached hydrogen (secondary N) is 1. The zero-order chi connectivity index (χ0) is 21.0. The van der Waals surface area contributed by atoms with Crippen LogP contribution in [0.2, 0.25) is 5.02 Å². The van der Waals surface area contributed by atoms with Crippen molar-refractivity contribution in [2.75, 3.05) is 6.61 Å². The molecule has 1 N–H and O–H groups in total. The molecule has 0 aliphatic carbocycles. The zero-order valence-corrected chi connectivity index (χ0v) is 15.2. The van der Waals surface area contributed by atoms with E-state index in [1.54, 1.807) is 6.07 Å². The number of ether oxygens (including phenoxy) is 2. The maximum absolute atomic E-state index is 13.4. The molecule has 0 bridgehead atoms. The molecule has 0 radical (unpaired) electrons. The van der Waals surface area contributed by atoms with E-state index >= 15 is 0 Å².